The zero-order valence-electron chi connectivity index (χ0n) is 22.2. The number of ether oxygens (including phenoxy) is 1. The fraction of sp³-hybridized carbons (Fsp3) is 0.367. The van der Waals surface area contributed by atoms with Crippen LogP contribution in [0.25, 0.3) is 5.70 Å². The fourth-order valence-corrected chi connectivity index (χ4v) is 6.10. The molecule has 1 fully saturated rings. The van der Waals surface area contributed by atoms with Crippen LogP contribution in [-0.4, -0.2) is 34.8 Å². The molecule has 0 saturated carbocycles. The largest absolute Gasteiger partial charge is 0.447 e. The highest BCUT2D eigenvalue weighted by molar-refractivity contribution is 7.09. The molecule has 3 heterocycles. The number of piperidine rings is 1. The molecule has 198 valence electrons. The van der Waals surface area contributed by atoms with Crippen molar-refractivity contribution in [1.82, 2.24) is 15.4 Å². The van der Waals surface area contributed by atoms with Gasteiger partial charge in [0.15, 0.2) is 0 Å². The van der Waals surface area contributed by atoms with E-state index >= 15 is 0 Å². The number of aromatic nitrogens is 1. The Hall–Kier alpha value is -3.49. The lowest BCUT2D eigenvalue weighted by atomic mass is 9.95. The second-order valence-corrected chi connectivity index (χ2v) is 11.0. The maximum Gasteiger partial charge on any atom is 0.303 e. The van der Waals surface area contributed by atoms with Gasteiger partial charge < -0.3 is 9.64 Å². The maximum atomic E-state index is 13.5. The summed E-state index contributed by atoms with van der Waals surface area (Å²) in [4.78, 5) is 37.9. The van der Waals surface area contributed by atoms with Crippen LogP contribution in [-0.2, 0) is 19.2 Å². The molecule has 8 heteroatoms. The number of benzene rings is 2. The van der Waals surface area contributed by atoms with Crippen LogP contribution in [0, 0.1) is 20.8 Å². The number of likely N-dealkylation sites (tertiary alicyclic amines) is 1. The van der Waals surface area contributed by atoms with Gasteiger partial charge in [-0.25, -0.2) is 4.98 Å². The minimum absolute atomic E-state index is 0.146. The lowest BCUT2D eigenvalue weighted by Crippen LogP contribution is -2.41. The Morgan fingerprint density at radius 1 is 1.11 bits per heavy atom. The van der Waals surface area contributed by atoms with Crippen LogP contribution in [0.1, 0.15) is 76.4 Å². The van der Waals surface area contributed by atoms with Crippen LogP contribution in [0.4, 0.5) is 0 Å². The molecule has 38 heavy (non-hydrogen) atoms. The topological polar surface area (TPSA) is 80.8 Å². The molecule has 2 aliphatic heterocycles. The summed E-state index contributed by atoms with van der Waals surface area (Å²) in [6.45, 7) is 8.53. The second-order valence-electron chi connectivity index (χ2n) is 10.1. The van der Waals surface area contributed by atoms with Gasteiger partial charge in [-0.15, -0.1) is 11.3 Å². The minimum Gasteiger partial charge on any atom is -0.447 e. The number of nitrogens with zero attached hydrogens (tertiary/aromatic N) is 2. The molecule has 5 rings (SSSR count). The molecular formula is C30H33N3O4S. The second kappa shape index (κ2) is 11.1. The molecule has 0 bridgehead atoms. The smallest absolute Gasteiger partial charge is 0.303 e. The van der Waals surface area contributed by atoms with E-state index < -0.39 is 12.1 Å². The Labute approximate surface area is 227 Å². The van der Waals surface area contributed by atoms with Gasteiger partial charge in [0.25, 0.3) is 5.91 Å². The summed E-state index contributed by atoms with van der Waals surface area (Å²) >= 11 is 1.65. The van der Waals surface area contributed by atoms with Crippen LogP contribution in [0.15, 0.2) is 53.9 Å². The van der Waals surface area contributed by atoms with Crippen LogP contribution >= 0.6 is 11.3 Å². The number of hydrogen-bond acceptors (Lipinski definition) is 7. The summed E-state index contributed by atoms with van der Waals surface area (Å²) in [6, 6.07) is 14.1. The quantitative estimate of drug-likeness (QED) is 0.411. The van der Waals surface area contributed by atoms with Gasteiger partial charge in [0, 0.05) is 36.9 Å². The van der Waals surface area contributed by atoms with E-state index in [-0.39, 0.29) is 17.9 Å². The molecule has 2 atom stereocenters. The number of thiazole rings is 1. The number of hydroxylamine groups is 1. The monoisotopic (exact) mass is 531 g/mol. The number of amides is 1. The molecule has 2 aromatic carbocycles. The predicted octanol–water partition coefficient (Wildman–Crippen LogP) is 5.70. The molecule has 0 radical (unpaired) electrons. The molecule has 1 aromatic heterocycles. The molecule has 2 unspecified atom stereocenters. The van der Waals surface area contributed by atoms with E-state index in [2.05, 4.69) is 36.0 Å². The van der Waals surface area contributed by atoms with E-state index in [1.165, 1.54) is 12.5 Å². The summed E-state index contributed by atoms with van der Waals surface area (Å²) in [5.74, 6) is -0.342. The van der Waals surface area contributed by atoms with Gasteiger partial charge in [-0.2, -0.15) is 0 Å². The van der Waals surface area contributed by atoms with Gasteiger partial charge in [0.2, 0.25) is 6.10 Å². The summed E-state index contributed by atoms with van der Waals surface area (Å²) < 4.78 is 5.54. The highest BCUT2D eigenvalue weighted by Crippen LogP contribution is 2.35. The summed E-state index contributed by atoms with van der Waals surface area (Å²) in [7, 11) is 0. The summed E-state index contributed by atoms with van der Waals surface area (Å²) in [5, 5.41) is 3.13. The first-order valence-electron chi connectivity index (χ1n) is 13.0. The number of aryl methyl sites for hydroxylation is 3. The first-order chi connectivity index (χ1) is 18.3. The Morgan fingerprint density at radius 2 is 1.87 bits per heavy atom. The fourth-order valence-electron chi connectivity index (χ4n) is 5.11. The third kappa shape index (κ3) is 5.51. The van der Waals surface area contributed by atoms with Gasteiger partial charge in [-0.05, 0) is 56.4 Å². The Morgan fingerprint density at radius 3 is 2.61 bits per heavy atom. The van der Waals surface area contributed by atoms with Gasteiger partial charge in [-0.3, -0.25) is 19.9 Å². The first kappa shape index (κ1) is 26.1. The average Bonchev–Trinajstić information content (AvgIpc) is 3.59. The van der Waals surface area contributed by atoms with Gasteiger partial charge in [0.05, 0.1) is 16.4 Å². The average molecular weight is 532 g/mol. The zero-order chi connectivity index (χ0) is 26.8. The van der Waals surface area contributed by atoms with Crippen LogP contribution < -0.4 is 5.48 Å². The number of rotatable bonds is 6. The first-order valence-corrected chi connectivity index (χ1v) is 13.9. The van der Waals surface area contributed by atoms with E-state index in [4.69, 9.17) is 14.6 Å². The highest BCUT2D eigenvalue weighted by Gasteiger charge is 2.33. The minimum atomic E-state index is -0.919. The Balaban J connectivity index is 1.24. The molecular weight excluding hydrogens is 498 g/mol. The molecule has 7 nitrogen and oxygen atoms in total. The van der Waals surface area contributed by atoms with Crippen molar-refractivity contribution in [3.05, 3.63) is 92.4 Å². The molecule has 1 saturated heterocycles. The van der Waals surface area contributed by atoms with E-state index in [1.807, 2.05) is 49.1 Å². The third-order valence-corrected chi connectivity index (χ3v) is 8.30. The van der Waals surface area contributed by atoms with E-state index in [1.54, 1.807) is 11.3 Å². The van der Waals surface area contributed by atoms with Gasteiger partial charge >= 0.3 is 5.97 Å². The SMILES string of the molecule is CC(=O)OC(C(=O)N1CCC(c2nc(C3=CC(c4ccccc4C)ON3)cs2)CC1)c1cc(C)ccc1C. The number of hydrogen-bond donors (Lipinski definition) is 1. The highest BCUT2D eigenvalue weighted by atomic mass is 32.1. The number of carbonyl (C=O) groups is 2. The molecule has 3 aromatic rings. The normalized spacial score (nSPS) is 18.6. The van der Waals surface area contributed by atoms with Crippen molar-refractivity contribution in [1.29, 1.82) is 0 Å². The van der Waals surface area contributed by atoms with Crippen molar-refractivity contribution in [2.75, 3.05) is 13.1 Å². The molecule has 1 amide bonds. The Bertz CT molecular complexity index is 1370. The van der Waals surface area contributed by atoms with Gasteiger partial charge in [0.1, 0.15) is 6.10 Å². The van der Waals surface area contributed by atoms with Crippen molar-refractivity contribution >= 4 is 28.9 Å². The Kier molecular flexibility index (Phi) is 7.63. The molecule has 2 aliphatic rings. The maximum absolute atomic E-state index is 13.5. The van der Waals surface area contributed by atoms with Crippen molar-refractivity contribution in [2.45, 2.75) is 58.7 Å². The number of carbonyl (C=O) groups excluding carboxylic acids is 2. The summed E-state index contributed by atoms with van der Waals surface area (Å²) in [5.41, 5.74) is 9.84. The van der Waals surface area contributed by atoms with Crippen LogP contribution in [0.2, 0.25) is 0 Å². The molecule has 1 N–H and O–H groups in total. The van der Waals surface area contributed by atoms with Crippen LogP contribution in [0.3, 0.4) is 0 Å². The molecule has 0 aliphatic carbocycles. The predicted molar refractivity (Wildman–Crippen MR) is 147 cm³/mol. The van der Waals surface area contributed by atoms with E-state index in [0.29, 0.717) is 13.1 Å². The standard InChI is InChI=1S/C30H33N3O4S/c1-18-9-10-20(3)24(15-18)28(36-21(4)34)30(35)33-13-11-22(12-14-33)29-31-26(17-38-29)25-16-27(37-32-25)23-8-6-5-7-19(23)2/h5-10,15-17,22,27-28,32H,11-14H2,1-4H3. The van der Waals surface area contributed by atoms with Crippen molar-refractivity contribution < 1.29 is 19.2 Å². The van der Waals surface area contributed by atoms with E-state index in [9.17, 15) is 9.59 Å². The van der Waals surface area contributed by atoms with Gasteiger partial charge in [-0.1, -0.05) is 48.0 Å². The lowest BCUT2D eigenvalue weighted by Gasteiger charge is -2.33. The third-order valence-electron chi connectivity index (χ3n) is 7.29. The lowest BCUT2D eigenvalue weighted by molar-refractivity contribution is -0.159. The molecule has 0 spiro atoms. The van der Waals surface area contributed by atoms with Crippen molar-refractivity contribution in [3.8, 4) is 0 Å². The van der Waals surface area contributed by atoms with E-state index in [0.717, 1.165) is 51.5 Å². The summed E-state index contributed by atoms with van der Waals surface area (Å²) in [6.07, 6.45) is 2.63. The number of nitrogens with one attached hydrogen (secondary N) is 1. The van der Waals surface area contributed by atoms with Crippen molar-refractivity contribution in [3.63, 3.8) is 0 Å². The van der Waals surface area contributed by atoms with Crippen LogP contribution in [0.5, 0.6) is 0 Å². The number of esters is 1. The van der Waals surface area contributed by atoms with Crippen molar-refractivity contribution in [2.24, 2.45) is 0 Å². The zero-order valence-corrected chi connectivity index (χ0v) is 23.0.